The van der Waals surface area contributed by atoms with E-state index in [1.54, 1.807) is 18.5 Å². The second-order valence-corrected chi connectivity index (χ2v) is 5.92. The van der Waals surface area contributed by atoms with Crippen molar-refractivity contribution in [3.8, 4) is 0 Å². The Hall–Kier alpha value is -0.920. The molecule has 0 aromatic carbocycles. The zero-order valence-corrected chi connectivity index (χ0v) is 11.2. The highest BCUT2D eigenvalue weighted by atomic mass is 32.2. The van der Waals surface area contributed by atoms with Crippen LogP contribution in [0.2, 0.25) is 0 Å². The lowest BCUT2D eigenvalue weighted by molar-refractivity contribution is 0.263. The van der Waals surface area contributed by atoms with Gasteiger partial charge >= 0.3 is 0 Å². The normalized spacial score (nSPS) is 13.9. The monoisotopic (exact) mass is 261 g/mol. The van der Waals surface area contributed by atoms with Crippen LogP contribution in [0.5, 0.6) is 0 Å². The van der Waals surface area contributed by atoms with Crippen LogP contribution >= 0.6 is 0 Å². The van der Waals surface area contributed by atoms with Gasteiger partial charge in [0.05, 0.1) is 0 Å². The van der Waals surface area contributed by atoms with Gasteiger partial charge in [-0.25, -0.2) is 18.1 Å². The van der Waals surface area contributed by atoms with Gasteiger partial charge < -0.3 is 9.67 Å². The maximum atomic E-state index is 11.9. The zero-order chi connectivity index (χ0) is 13.1. The highest BCUT2D eigenvalue weighted by Gasteiger charge is 2.18. The molecule has 0 amide bonds. The van der Waals surface area contributed by atoms with E-state index in [9.17, 15) is 8.42 Å². The van der Waals surface area contributed by atoms with E-state index < -0.39 is 10.0 Å². The van der Waals surface area contributed by atoms with Crippen molar-refractivity contribution in [2.45, 2.75) is 25.3 Å². The summed E-state index contributed by atoms with van der Waals surface area (Å²) in [6.45, 7) is 3.99. The van der Waals surface area contributed by atoms with Crippen LogP contribution in [-0.2, 0) is 17.1 Å². The number of aryl methyl sites for hydroxylation is 2. The van der Waals surface area contributed by atoms with Gasteiger partial charge in [-0.3, -0.25) is 0 Å². The molecule has 7 heteroatoms. The molecule has 1 rings (SSSR count). The first kappa shape index (κ1) is 14.1. The number of nitrogens with one attached hydrogen (secondary N) is 1. The molecule has 0 spiro atoms. The van der Waals surface area contributed by atoms with E-state index in [-0.39, 0.29) is 17.6 Å². The molecular weight excluding hydrogens is 242 g/mol. The fourth-order valence-electron chi connectivity index (χ4n) is 1.30. The van der Waals surface area contributed by atoms with Crippen molar-refractivity contribution in [3.63, 3.8) is 0 Å². The number of hydrogen-bond donors (Lipinski definition) is 2. The first-order valence-electron chi connectivity index (χ1n) is 5.47. The number of sulfonamides is 1. The number of aromatic nitrogens is 2. The summed E-state index contributed by atoms with van der Waals surface area (Å²) in [4.78, 5) is 3.97. The summed E-state index contributed by atoms with van der Waals surface area (Å²) in [6, 6.07) is 0. The third-order valence-corrected chi connectivity index (χ3v) is 3.90. The van der Waals surface area contributed by atoms with Crippen molar-refractivity contribution in [1.29, 1.82) is 0 Å². The predicted molar refractivity (Wildman–Crippen MR) is 64.0 cm³/mol. The minimum Gasteiger partial charge on any atom is -0.396 e. The molecule has 0 saturated carbocycles. The first-order valence-corrected chi connectivity index (χ1v) is 6.95. The molecule has 1 unspecified atom stereocenters. The van der Waals surface area contributed by atoms with Gasteiger partial charge in [0.2, 0.25) is 0 Å². The zero-order valence-electron chi connectivity index (χ0n) is 10.3. The third-order valence-electron chi connectivity index (χ3n) is 2.61. The van der Waals surface area contributed by atoms with Crippen molar-refractivity contribution in [1.82, 2.24) is 14.3 Å². The number of nitrogens with zero attached hydrogens (tertiary/aromatic N) is 2. The van der Waals surface area contributed by atoms with E-state index in [1.165, 1.54) is 6.20 Å². The lowest BCUT2D eigenvalue weighted by Crippen LogP contribution is -2.29. The Balaban J connectivity index is 2.69. The van der Waals surface area contributed by atoms with E-state index in [1.807, 2.05) is 6.92 Å². The van der Waals surface area contributed by atoms with Gasteiger partial charge in [-0.2, -0.15) is 0 Å². The van der Waals surface area contributed by atoms with Crippen LogP contribution < -0.4 is 4.72 Å². The van der Waals surface area contributed by atoms with Crippen LogP contribution in [-0.4, -0.2) is 36.2 Å². The molecule has 0 aliphatic rings. The molecule has 1 atom stereocenters. The Bertz CT molecular complexity index is 448. The second-order valence-electron chi connectivity index (χ2n) is 4.21. The summed E-state index contributed by atoms with van der Waals surface area (Å²) >= 11 is 0. The topological polar surface area (TPSA) is 84.2 Å². The van der Waals surface area contributed by atoms with Gasteiger partial charge in [0.25, 0.3) is 10.0 Å². The third kappa shape index (κ3) is 3.79. The molecule has 0 saturated heterocycles. The second kappa shape index (κ2) is 5.61. The average Bonchev–Trinajstić information content (AvgIpc) is 2.58. The van der Waals surface area contributed by atoms with Crippen molar-refractivity contribution in [3.05, 3.63) is 12.0 Å². The van der Waals surface area contributed by atoms with Crippen molar-refractivity contribution < 1.29 is 13.5 Å². The Morgan fingerprint density at radius 1 is 1.59 bits per heavy atom. The summed E-state index contributed by atoms with van der Waals surface area (Å²) in [5, 5.41) is 8.77. The lowest BCUT2D eigenvalue weighted by atomic mass is 10.1. The van der Waals surface area contributed by atoms with Crippen molar-refractivity contribution in [2.75, 3.05) is 13.2 Å². The summed E-state index contributed by atoms with van der Waals surface area (Å²) in [5.41, 5.74) is 0. The highest BCUT2D eigenvalue weighted by molar-refractivity contribution is 7.89. The molecule has 0 bridgehead atoms. The molecule has 0 radical (unpaired) electrons. The molecule has 98 valence electrons. The summed E-state index contributed by atoms with van der Waals surface area (Å²) in [6.07, 6.45) is 2.05. The molecular formula is C10H19N3O3S. The quantitative estimate of drug-likeness (QED) is 0.756. The fourth-order valence-corrected chi connectivity index (χ4v) is 2.51. The Morgan fingerprint density at radius 2 is 2.24 bits per heavy atom. The van der Waals surface area contributed by atoms with Crippen LogP contribution in [0.15, 0.2) is 11.2 Å². The molecule has 1 aromatic heterocycles. The first-order chi connectivity index (χ1) is 7.86. The van der Waals surface area contributed by atoms with Crippen LogP contribution in [0, 0.1) is 12.8 Å². The van der Waals surface area contributed by atoms with E-state index in [4.69, 9.17) is 5.11 Å². The fraction of sp³-hybridized carbons (Fsp3) is 0.700. The molecule has 0 aliphatic carbocycles. The van der Waals surface area contributed by atoms with Crippen molar-refractivity contribution in [2.24, 2.45) is 13.0 Å². The molecule has 17 heavy (non-hydrogen) atoms. The van der Waals surface area contributed by atoms with Gasteiger partial charge in [0.1, 0.15) is 5.82 Å². The molecule has 2 N–H and O–H groups in total. The maximum Gasteiger partial charge on any atom is 0.259 e. The molecule has 0 fully saturated rings. The number of aliphatic hydroxyl groups is 1. The van der Waals surface area contributed by atoms with Crippen LogP contribution in [0.1, 0.15) is 19.2 Å². The Morgan fingerprint density at radius 3 is 2.71 bits per heavy atom. The molecule has 6 nitrogen and oxygen atoms in total. The molecule has 0 aliphatic heterocycles. The standard InChI is InChI=1S/C10H19N3O3S/c1-8(4-5-14)6-11-17(15,16)10-7-13(3)9(2)12-10/h7-8,11,14H,4-6H2,1-3H3. The Labute approximate surface area is 102 Å². The molecule has 1 aromatic rings. The number of hydrogen-bond acceptors (Lipinski definition) is 4. The minimum absolute atomic E-state index is 0.0358. The van der Waals surface area contributed by atoms with Gasteiger partial charge in [-0.05, 0) is 19.3 Å². The number of imidazole rings is 1. The van der Waals surface area contributed by atoms with Crippen LogP contribution in [0.4, 0.5) is 0 Å². The summed E-state index contributed by atoms with van der Waals surface area (Å²) < 4.78 is 27.9. The van der Waals surface area contributed by atoms with Crippen molar-refractivity contribution >= 4 is 10.0 Å². The van der Waals surface area contributed by atoms with Gasteiger partial charge in [0, 0.05) is 26.4 Å². The largest absolute Gasteiger partial charge is 0.396 e. The van der Waals surface area contributed by atoms with E-state index in [0.717, 1.165) is 0 Å². The number of rotatable bonds is 6. The van der Waals surface area contributed by atoms with Crippen LogP contribution in [0.3, 0.4) is 0 Å². The summed E-state index contributed by atoms with van der Waals surface area (Å²) in [7, 11) is -1.79. The smallest absolute Gasteiger partial charge is 0.259 e. The Kier molecular flexibility index (Phi) is 4.67. The predicted octanol–water partition coefficient (Wildman–Crippen LogP) is 0.0253. The van der Waals surface area contributed by atoms with E-state index in [0.29, 0.717) is 18.8 Å². The van der Waals surface area contributed by atoms with Gasteiger partial charge in [-0.15, -0.1) is 0 Å². The maximum absolute atomic E-state index is 11.9. The lowest BCUT2D eigenvalue weighted by Gasteiger charge is -2.10. The van der Waals surface area contributed by atoms with Gasteiger partial charge in [0.15, 0.2) is 5.03 Å². The highest BCUT2D eigenvalue weighted by Crippen LogP contribution is 2.08. The van der Waals surface area contributed by atoms with Crippen LogP contribution in [0.25, 0.3) is 0 Å². The van der Waals surface area contributed by atoms with Gasteiger partial charge in [-0.1, -0.05) is 6.92 Å². The molecule has 1 heterocycles. The van der Waals surface area contributed by atoms with E-state index in [2.05, 4.69) is 9.71 Å². The number of aliphatic hydroxyl groups excluding tert-OH is 1. The minimum atomic E-state index is -3.54. The average molecular weight is 261 g/mol. The van der Waals surface area contributed by atoms with E-state index >= 15 is 0 Å². The summed E-state index contributed by atoms with van der Waals surface area (Å²) in [5.74, 6) is 0.744. The SMILES string of the molecule is Cc1nc(S(=O)(=O)NCC(C)CCO)cn1C.